The first kappa shape index (κ1) is 14.1. The summed E-state index contributed by atoms with van der Waals surface area (Å²) in [7, 11) is 0. The van der Waals surface area contributed by atoms with Crippen LogP contribution in [-0.2, 0) is 9.59 Å². The molecule has 0 spiro atoms. The predicted molar refractivity (Wildman–Crippen MR) is 64.5 cm³/mol. The summed E-state index contributed by atoms with van der Waals surface area (Å²) >= 11 is 0. The summed E-state index contributed by atoms with van der Waals surface area (Å²) in [6.07, 6.45) is 0.559. The van der Waals surface area contributed by atoms with Crippen molar-refractivity contribution < 1.29 is 28.3 Å². The van der Waals surface area contributed by atoms with Crippen molar-refractivity contribution in [2.45, 2.75) is 19.3 Å². The maximum Gasteiger partial charge on any atom is 0.303 e. The van der Waals surface area contributed by atoms with E-state index in [2.05, 4.69) is 0 Å². The number of nitrogens with zero attached hydrogens (tertiary/aromatic N) is 1. The van der Waals surface area contributed by atoms with Crippen LogP contribution in [0, 0.1) is 11.6 Å². The Morgan fingerprint density at radius 2 is 1.90 bits per heavy atom. The Morgan fingerprint density at radius 1 is 1.20 bits per heavy atom. The van der Waals surface area contributed by atoms with Crippen LogP contribution in [0.3, 0.4) is 0 Å². The Bertz CT molecular complexity index is 600. The zero-order valence-electron chi connectivity index (χ0n) is 10.4. The molecule has 1 N–H and O–H groups in total. The molecule has 106 valence electrons. The second-order valence-corrected chi connectivity index (χ2v) is 4.42. The lowest BCUT2D eigenvalue weighted by molar-refractivity contribution is -0.137. The number of carboxylic acids is 1. The minimum absolute atomic E-state index is 0.0494. The number of carbonyl (C=O) groups excluding carboxylic acids is 2. The molecule has 0 aromatic heterocycles. The lowest BCUT2D eigenvalue weighted by atomic mass is 10.1. The maximum atomic E-state index is 13.5. The molecule has 0 radical (unpaired) electrons. The number of halogens is 2. The van der Waals surface area contributed by atoms with Gasteiger partial charge >= 0.3 is 5.97 Å². The van der Waals surface area contributed by atoms with Crippen molar-refractivity contribution in [2.75, 3.05) is 11.4 Å². The molecule has 0 bridgehead atoms. The fourth-order valence-corrected chi connectivity index (χ4v) is 2.10. The number of benzene rings is 1. The van der Waals surface area contributed by atoms with Gasteiger partial charge < -0.3 is 10.0 Å². The topological polar surface area (TPSA) is 74.7 Å². The highest BCUT2D eigenvalue weighted by molar-refractivity contribution is 6.52. The molecule has 1 amide bonds. The number of carboxylic acid groups (broad SMARTS) is 1. The molecule has 0 saturated carbocycles. The first-order chi connectivity index (χ1) is 9.41. The second kappa shape index (κ2) is 5.36. The summed E-state index contributed by atoms with van der Waals surface area (Å²) in [6.45, 7) is 0.0494. The highest BCUT2D eigenvalue weighted by Crippen LogP contribution is 2.32. The van der Waals surface area contributed by atoms with Crippen molar-refractivity contribution in [3.63, 3.8) is 0 Å². The fraction of sp³-hybridized carbons (Fsp3) is 0.308. The van der Waals surface area contributed by atoms with Gasteiger partial charge in [0.15, 0.2) is 0 Å². The van der Waals surface area contributed by atoms with E-state index in [4.69, 9.17) is 5.11 Å². The number of ketones is 1. The SMILES string of the molecule is O=C(O)CCCCN1C(=O)C(=O)c2c(F)cc(F)cc21. The zero-order chi connectivity index (χ0) is 14.9. The third kappa shape index (κ3) is 2.52. The lowest BCUT2D eigenvalue weighted by Gasteiger charge is -2.16. The minimum Gasteiger partial charge on any atom is -0.481 e. The normalized spacial score (nSPS) is 13.8. The van der Waals surface area contributed by atoms with Crippen LogP contribution in [0.1, 0.15) is 29.6 Å². The van der Waals surface area contributed by atoms with Crippen LogP contribution >= 0.6 is 0 Å². The highest BCUT2D eigenvalue weighted by Gasteiger charge is 2.38. The van der Waals surface area contributed by atoms with Crippen molar-refractivity contribution in [2.24, 2.45) is 0 Å². The van der Waals surface area contributed by atoms with Crippen molar-refractivity contribution in [1.82, 2.24) is 0 Å². The molecule has 7 heteroatoms. The van der Waals surface area contributed by atoms with Crippen LogP contribution in [0.4, 0.5) is 14.5 Å². The van der Waals surface area contributed by atoms with E-state index < -0.39 is 34.9 Å². The van der Waals surface area contributed by atoms with E-state index >= 15 is 0 Å². The smallest absolute Gasteiger partial charge is 0.303 e. The van der Waals surface area contributed by atoms with Crippen LogP contribution < -0.4 is 4.90 Å². The van der Waals surface area contributed by atoms with E-state index in [9.17, 15) is 23.2 Å². The number of hydrogen-bond donors (Lipinski definition) is 1. The molecular formula is C13H11F2NO4. The number of amides is 1. The maximum absolute atomic E-state index is 13.5. The summed E-state index contributed by atoms with van der Waals surface area (Å²) in [6, 6.07) is 1.48. The summed E-state index contributed by atoms with van der Waals surface area (Å²) in [5.74, 6) is -4.83. The van der Waals surface area contributed by atoms with Crippen LogP contribution in [-0.4, -0.2) is 29.3 Å². The average molecular weight is 283 g/mol. The van der Waals surface area contributed by atoms with Crippen LogP contribution in [0.25, 0.3) is 0 Å². The number of carbonyl (C=O) groups is 3. The molecule has 0 atom stereocenters. The minimum atomic E-state index is -1.06. The van der Waals surface area contributed by atoms with Crippen molar-refractivity contribution >= 4 is 23.3 Å². The van der Waals surface area contributed by atoms with Crippen LogP contribution in [0.15, 0.2) is 12.1 Å². The second-order valence-electron chi connectivity index (χ2n) is 4.42. The molecule has 20 heavy (non-hydrogen) atoms. The van der Waals surface area contributed by atoms with E-state index in [-0.39, 0.29) is 18.7 Å². The molecule has 0 saturated heterocycles. The average Bonchev–Trinajstić information content (AvgIpc) is 2.58. The van der Waals surface area contributed by atoms with Crippen molar-refractivity contribution in [3.05, 3.63) is 29.3 Å². The largest absolute Gasteiger partial charge is 0.481 e. The number of rotatable bonds is 5. The standard InChI is InChI=1S/C13H11F2NO4/c14-7-5-8(15)11-9(6-7)16(13(20)12(11)19)4-2-1-3-10(17)18/h5-6H,1-4H2,(H,17,18). The fourth-order valence-electron chi connectivity index (χ4n) is 2.10. The monoisotopic (exact) mass is 283 g/mol. The van der Waals surface area contributed by atoms with E-state index in [0.717, 1.165) is 11.0 Å². The van der Waals surface area contributed by atoms with Gasteiger partial charge in [-0.1, -0.05) is 0 Å². The first-order valence-electron chi connectivity index (χ1n) is 5.99. The number of Topliss-reactive ketones (excluding diaryl/α,β-unsaturated/α-hetero) is 1. The van der Waals surface area contributed by atoms with Crippen LogP contribution in [0.5, 0.6) is 0 Å². The third-order valence-electron chi connectivity index (χ3n) is 3.01. The molecule has 1 aliphatic heterocycles. The van der Waals surface area contributed by atoms with Gasteiger partial charge in [-0.25, -0.2) is 8.78 Å². The van der Waals surface area contributed by atoms with Gasteiger partial charge in [0.25, 0.3) is 11.7 Å². The van der Waals surface area contributed by atoms with E-state index in [1.165, 1.54) is 0 Å². The highest BCUT2D eigenvalue weighted by atomic mass is 19.1. The van der Waals surface area contributed by atoms with Gasteiger partial charge in [-0.05, 0) is 18.9 Å². The summed E-state index contributed by atoms with van der Waals surface area (Å²) in [4.78, 5) is 34.7. The Kier molecular flexibility index (Phi) is 3.78. The molecule has 0 unspecified atom stereocenters. The molecule has 0 fully saturated rings. The van der Waals surface area contributed by atoms with Gasteiger partial charge in [0.2, 0.25) is 0 Å². The van der Waals surface area contributed by atoms with Gasteiger partial charge in [0.1, 0.15) is 11.6 Å². The van der Waals surface area contributed by atoms with E-state index in [1.807, 2.05) is 0 Å². The van der Waals surface area contributed by atoms with Gasteiger partial charge in [0.05, 0.1) is 11.3 Å². The quantitative estimate of drug-likeness (QED) is 0.660. The Morgan fingerprint density at radius 3 is 2.55 bits per heavy atom. The molecule has 1 aromatic carbocycles. The molecule has 1 heterocycles. The predicted octanol–water partition coefficient (Wildman–Crippen LogP) is 1.75. The summed E-state index contributed by atoms with van der Waals surface area (Å²) < 4.78 is 26.7. The van der Waals surface area contributed by atoms with Crippen LogP contribution in [0.2, 0.25) is 0 Å². The molecule has 0 aliphatic carbocycles. The molecule has 2 rings (SSSR count). The zero-order valence-corrected chi connectivity index (χ0v) is 10.4. The molecule has 5 nitrogen and oxygen atoms in total. The van der Waals surface area contributed by atoms with Gasteiger partial charge in [-0.3, -0.25) is 14.4 Å². The number of fused-ring (bicyclic) bond motifs is 1. The number of unbranched alkanes of at least 4 members (excludes halogenated alkanes) is 1. The molecule has 1 aliphatic rings. The molecule has 1 aromatic rings. The van der Waals surface area contributed by atoms with Gasteiger partial charge in [-0.2, -0.15) is 0 Å². The summed E-state index contributed by atoms with van der Waals surface area (Å²) in [5, 5.41) is 8.50. The third-order valence-corrected chi connectivity index (χ3v) is 3.01. The van der Waals surface area contributed by atoms with Gasteiger partial charge in [-0.15, -0.1) is 0 Å². The first-order valence-corrected chi connectivity index (χ1v) is 5.99. The Balaban J connectivity index is 2.18. The van der Waals surface area contributed by atoms with E-state index in [1.54, 1.807) is 0 Å². The van der Waals surface area contributed by atoms with Crippen molar-refractivity contribution in [3.8, 4) is 0 Å². The number of hydrogen-bond acceptors (Lipinski definition) is 3. The Hall–Kier alpha value is -2.31. The lowest BCUT2D eigenvalue weighted by Crippen LogP contribution is -2.30. The van der Waals surface area contributed by atoms with E-state index in [0.29, 0.717) is 18.9 Å². The van der Waals surface area contributed by atoms with Crippen molar-refractivity contribution in [1.29, 1.82) is 0 Å². The molecular weight excluding hydrogens is 272 g/mol. The number of aliphatic carboxylic acids is 1. The van der Waals surface area contributed by atoms with Gasteiger partial charge in [0, 0.05) is 19.0 Å². The number of anilines is 1. The Labute approximate surface area is 112 Å². The summed E-state index contributed by atoms with van der Waals surface area (Å²) in [5.41, 5.74) is -0.512.